The molecule has 3 rings (SSSR count). The van der Waals surface area contributed by atoms with Crippen LogP contribution < -0.4 is 14.4 Å². The molecule has 2 heterocycles. The molecule has 1 aliphatic heterocycles. The molecule has 0 saturated carbocycles. The van der Waals surface area contributed by atoms with Crippen molar-refractivity contribution in [1.82, 2.24) is 9.97 Å². The van der Waals surface area contributed by atoms with Crippen LogP contribution in [0.1, 0.15) is 12.8 Å². The molecule has 2 aromatic rings. The molecule has 2 radical (unpaired) electrons. The summed E-state index contributed by atoms with van der Waals surface area (Å²) >= 11 is 0. The fourth-order valence-corrected chi connectivity index (χ4v) is 2.82. The maximum atomic E-state index is 6.08. The molecule has 0 spiro atoms. The molecule has 1 aromatic carbocycles. The molecule has 1 aromatic heterocycles. The molecule has 1 saturated heterocycles. The van der Waals surface area contributed by atoms with E-state index >= 15 is 0 Å². The molecular formula is C15H18BN3O2. The van der Waals surface area contributed by atoms with Gasteiger partial charge < -0.3 is 14.4 Å². The zero-order valence-electron chi connectivity index (χ0n) is 12.4. The van der Waals surface area contributed by atoms with E-state index in [-0.39, 0.29) is 5.82 Å². The van der Waals surface area contributed by atoms with Crippen molar-refractivity contribution in [2.45, 2.75) is 18.7 Å². The molecule has 1 fully saturated rings. The number of methoxy groups -OCH3 is 2. The summed E-state index contributed by atoms with van der Waals surface area (Å²) in [6.07, 6.45) is 3.74. The van der Waals surface area contributed by atoms with Crippen LogP contribution in [-0.4, -0.2) is 45.1 Å². The first-order valence-electron chi connectivity index (χ1n) is 7.10. The van der Waals surface area contributed by atoms with Crippen molar-refractivity contribution in [1.29, 1.82) is 0 Å². The highest BCUT2D eigenvalue weighted by Gasteiger charge is 2.20. The number of anilines is 1. The second-order valence-corrected chi connectivity index (χ2v) is 5.27. The largest absolute Gasteiger partial charge is 0.493 e. The van der Waals surface area contributed by atoms with Crippen LogP contribution in [0.4, 0.5) is 5.82 Å². The first-order valence-corrected chi connectivity index (χ1v) is 7.10. The first-order chi connectivity index (χ1) is 10.2. The third kappa shape index (κ3) is 2.62. The van der Waals surface area contributed by atoms with Gasteiger partial charge in [-0.2, -0.15) is 0 Å². The Bertz CT molecular complexity index is 650. The SMILES string of the molecule is [B]C1CCCN(c2ncnc3cc(OC)c(OC)cc23)C1. The van der Waals surface area contributed by atoms with Crippen molar-refractivity contribution in [2.75, 3.05) is 32.2 Å². The van der Waals surface area contributed by atoms with Crippen molar-refractivity contribution >= 4 is 24.6 Å². The second kappa shape index (κ2) is 5.80. The van der Waals surface area contributed by atoms with E-state index in [1.54, 1.807) is 20.5 Å². The van der Waals surface area contributed by atoms with E-state index in [2.05, 4.69) is 14.9 Å². The highest BCUT2D eigenvalue weighted by molar-refractivity contribution is 6.12. The summed E-state index contributed by atoms with van der Waals surface area (Å²) in [6.45, 7) is 1.79. The smallest absolute Gasteiger partial charge is 0.162 e. The van der Waals surface area contributed by atoms with Gasteiger partial charge in [0.1, 0.15) is 12.1 Å². The maximum absolute atomic E-state index is 6.08. The number of ether oxygens (including phenoxy) is 2. The number of piperidine rings is 1. The second-order valence-electron chi connectivity index (χ2n) is 5.27. The van der Waals surface area contributed by atoms with Gasteiger partial charge in [-0.3, -0.25) is 0 Å². The van der Waals surface area contributed by atoms with Gasteiger partial charge >= 0.3 is 0 Å². The van der Waals surface area contributed by atoms with E-state index in [0.717, 1.165) is 42.7 Å². The van der Waals surface area contributed by atoms with Crippen molar-refractivity contribution in [3.05, 3.63) is 18.5 Å². The molecule has 0 amide bonds. The molecule has 21 heavy (non-hydrogen) atoms. The predicted octanol–water partition coefficient (Wildman–Crippen LogP) is 2.20. The van der Waals surface area contributed by atoms with Crippen molar-refractivity contribution in [3.63, 3.8) is 0 Å². The third-order valence-electron chi connectivity index (χ3n) is 3.88. The van der Waals surface area contributed by atoms with Crippen LogP contribution in [-0.2, 0) is 0 Å². The normalized spacial score (nSPS) is 18.8. The molecular weight excluding hydrogens is 265 g/mol. The number of nitrogens with zero attached hydrogens (tertiary/aromatic N) is 3. The van der Waals surface area contributed by atoms with Crippen LogP contribution in [0.5, 0.6) is 11.5 Å². The van der Waals surface area contributed by atoms with Gasteiger partial charge in [0.05, 0.1) is 27.6 Å². The molecule has 108 valence electrons. The van der Waals surface area contributed by atoms with Crippen molar-refractivity contribution in [2.24, 2.45) is 0 Å². The summed E-state index contributed by atoms with van der Waals surface area (Å²) in [5, 5.41) is 0.962. The quantitative estimate of drug-likeness (QED) is 0.808. The van der Waals surface area contributed by atoms with Crippen LogP contribution >= 0.6 is 0 Å². The number of hydrogen-bond acceptors (Lipinski definition) is 5. The van der Waals surface area contributed by atoms with Gasteiger partial charge in [-0.05, 0) is 12.5 Å². The van der Waals surface area contributed by atoms with Crippen molar-refractivity contribution < 1.29 is 9.47 Å². The molecule has 1 atom stereocenters. The highest BCUT2D eigenvalue weighted by atomic mass is 16.5. The predicted molar refractivity (Wildman–Crippen MR) is 83.6 cm³/mol. The first kappa shape index (κ1) is 14.0. The van der Waals surface area contributed by atoms with Crippen LogP contribution in [0.25, 0.3) is 10.9 Å². The fraction of sp³-hybridized carbons (Fsp3) is 0.467. The fourth-order valence-electron chi connectivity index (χ4n) is 2.82. The van der Waals surface area contributed by atoms with Gasteiger partial charge in [0.15, 0.2) is 11.5 Å². The van der Waals surface area contributed by atoms with E-state index in [9.17, 15) is 0 Å². The lowest BCUT2D eigenvalue weighted by Gasteiger charge is -2.32. The zero-order chi connectivity index (χ0) is 14.8. The topological polar surface area (TPSA) is 47.5 Å². The molecule has 1 aliphatic rings. The monoisotopic (exact) mass is 283 g/mol. The zero-order valence-corrected chi connectivity index (χ0v) is 12.4. The summed E-state index contributed by atoms with van der Waals surface area (Å²) in [5.74, 6) is 2.47. The van der Waals surface area contributed by atoms with Crippen LogP contribution in [0.3, 0.4) is 0 Å². The Balaban J connectivity index is 2.10. The van der Waals surface area contributed by atoms with Gasteiger partial charge in [0.25, 0.3) is 0 Å². The van der Waals surface area contributed by atoms with E-state index in [0.29, 0.717) is 11.5 Å². The van der Waals surface area contributed by atoms with Gasteiger partial charge in [-0.15, -0.1) is 0 Å². The van der Waals surface area contributed by atoms with Gasteiger partial charge in [0, 0.05) is 24.5 Å². The van der Waals surface area contributed by atoms with E-state index in [4.69, 9.17) is 17.3 Å². The van der Waals surface area contributed by atoms with E-state index < -0.39 is 0 Å². The summed E-state index contributed by atoms with van der Waals surface area (Å²) < 4.78 is 10.7. The molecule has 5 nitrogen and oxygen atoms in total. The summed E-state index contributed by atoms with van der Waals surface area (Å²) in [4.78, 5) is 11.0. The maximum Gasteiger partial charge on any atom is 0.162 e. The average molecular weight is 283 g/mol. The Hall–Kier alpha value is -1.98. The molecule has 0 N–H and O–H groups in total. The van der Waals surface area contributed by atoms with E-state index in [1.807, 2.05) is 12.1 Å². The minimum Gasteiger partial charge on any atom is -0.493 e. The number of rotatable bonds is 3. The Morgan fingerprint density at radius 3 is 2.67 bits per heavy atom. The van der Waals surface area contributed by atoms with Gasteiger partial charge in [-0.25, -0.2) is 9.97 Å². The van der Waals surface area contributed by atoms with Gasteiger partial charge in [-0.1, -0.05) is 12.2 Å². The Morgan fingerprint density at radius 2 is 1.95 bits per heavy atom. The van der Waals surface area contributed by atoms with Crippen LogP contribution in [0.2, 0.25) is 5.82 Å². The molecule has 1 unspecified atom stereocenters. The Morgan fingerprint density at radius 1 is 1.19 bits per heavy atom. The number of benzene rings is 1. The molecule has 6 heteroatoms. The lowest BCUT2D eigenvalue weighted by molar-refractivity contribution is 0.356. The molecule has 0 aliphatic carbocycles. The summed E-state index contributed by atoms with van der Waals surface area (Å²) in [7, 11) is 9.33. The number of aromatic nitrogens is 2. The van der Waals surface area contributed by atoms with Crippen molar-refractivity contribution in [3.8, 4) is 11.5 Å². The standard InChI is InChI=1S/C15H18BN3O2/c1-20-13-6-11-12(7-14(13)21-2)17-9-18-15(11)19-5-3-4-10(16)8-19/h6-7,9-10H,3-5,8H2,1-2H3. The minimum absolute atomic E-state index is 0.198. The Kier molecular flexibility index (Phi) is 3.86. The summed E-state index contributed by atoms with van der Waals surface area (Å²) in [5.41, 5.74) is 0.844. The van der Waals surface area contributed by atoms with E-state index in [1.165, 1.54) is 0 Å². The van der Waals surface area contributed by atoms with Crippen LogP contribution in [0, 0.1) is 0 Å². The Labute approximate surface area is 125 Å². The average Bonchev–Trinajstić information content (AvgIpc) is 2.52. The third-order valence-corrected chi connectivity index (χ3v) is 3.88. The molecule has 0 bridgehead atoms. The minimum atomic E-state index is 0.198. The van der Waals surface area contributed by atoms with Crippen LogP contribution in [0.15, 0.2) is 18.5 Å². The highest BCUT2D eigenvalue weighted by Crippen LogP contribution is 2.35. The number of fused-ring (bicyclic) bond motifs is 1. The lowest BCUT2D eigenvalue weighted by atomic mass is 9.81. The van der Waals surface area contributed by atoms with Gasteiger partial charge in [0.2, 0.25) is 0 Å². The lowest BCUT2D eigenvalue weighted by Crippen LogP contribution is -2.33. The summed E-state index contributed by atoms with van der Waals surface area (Å²) in [6, 6.07) is 3.81. The number of hydrogen-bond donors (Lipinski definition) is 0.